The predicted molar refractivity (Wildman–Crippen MR) is 82.9 cm³/mol. The van der Waals surface area contributed by atoms with Gasteiger partial charge in [0.2, 0.25) is 0 Å². The van der Waals surface area contributed by atoms with E-state index in [0.717, 1.165) is 19.9 Å². The molecule has 19 heavy (non-hydrogen) atoms. The summed E-state index contributed by atoms with van der Waals surface area (Å²) in [4.78, 5) is 12.9. The summed E-state index contributed by atoms with van der Waals surface area (Å²) < 4.78 is 1.04. The Hall–Kier alpha value is -1.46. The van der Waals surface area contributed by atoms with Gasteiger partial charge in [0.25, 0.3) is 5.91 Å². The second-order valence-corrected chi connectivity index (χ2v) is 6.57. The van der Waals surface area contributed by atoms with E-state index >= 15 is 0 Å². The smallest absolute Gasteiger partial charge is 0.267 e. The number of nitrogens with one attached hydrogen (secondary N) is 1. The first-order valence-corrected chi connectivity index (χ1v) is 7.34. The second kappa shape index (κ2) is 6.12. The van der Waals surface area contributed by atoms with Crippen LogP contribution in [0.1, 0.15) is 27.7 Å². The van der Waals surface area contributed by atoms with Gasteiger partial charge in [-0.3, -0.25) is 4.79 Å². The average Bonchev–Trinajstić information content (AvgIpc) is 2.82. The number of halogens is 1. The normalized spacial score (nSPS) is 11.4. The summed E-state index contributed by atoms with van der Waals surface area (Å²) in [6.07, 6.45) is 0. The molecule has 1 amide bonds. The van der Waals surface area contributed by atoms with Crippen molar-refractivity contribution in [2.45, 2.75) is 13.8 Å². The molecule has 0 radical (unpaired) electrons. The highest BCUT2D eigenvalue weighted by atomic mass is 79.9. The number of amides is 1. The average molecular weight is 337 g/mol. The fraction of sp³-hybridized carbons (Fsp3) is 0.143. The van der Waals surface area contributed by atoms with E-state index < -0.39 is 0 Å². The van der Waals surface area contributed by atoms with Crippen LogP contribution in [0, 0.1) is 6.92 Å². The lowest BCUT2D eigenvalue weighted by atomic mass is 10.1. The summed E-state index contributed by atoms with van der Waals surface area (Å²) in [5.74, 6) is -0.196. The number of carbonyl (C=O) groups is 1. The lowest BCUT2D eigenvalue weighted by Gasteiger charge is -2.02. The van der Waals surface area contributed by atoms with Crippen molar-refractivity contribution in [1.82, 2.24) is 5.43 Å². The van der Waals surface area contributed by atoms with Gasteiger partial charge in [-0.1, -0.05) is 17.7 Å². The van der Waals surface area contributed by atoms with Crippen molar-refractivity contribution >= 4 is 38.9 Å². The van der Waals surface area contributed by atoms with Gasteiger partial charge in [0.15, 0.2) is 0 Å². The Morgan fingerprint density at radius 3 is 2.74 bits per heavy atom. The number of hydrogen-bond acceptors (Lipinski definition) is 3. The molecule has 0 aliphatic rings. The predicted octanol–water partition coefficient (Wildman–Crippen LogP) is 3.97. The Morgan fingerprint density at radius 2 is 2.11 bits per heavy atom. The van der Waals surface area contributed by atoms with Crippen LogP contribution in [0.4, 0.5) is 0 Å². The van der Waals surface area contributed by atoms with E-state index in [9.17, 15) is 4.79 Å². The number of rotatable bonds is 3. The Bertz CT molecular complexity index is 634. The molecule has 0 bridgehead atoms. The van der Waals surface area contributed by atoms with Gasteiger partial charge in [0, 0.05) is 5.56 Å². The molecule has 98 valence electrons. The fourth-order valence-corrected chi connectivity index (χ4v) is 2.88. The molecule has 0 atom stereocenters. The molecule has 2 rings (SSSR count). The molecule has 0 saturated carbocycles. The number of carbonyl (C=O) groups excluding carboxylic acids is 1. The quantitative estimate of drug-likeness (QED) is 0.668. The van der Waals surface area contributed by atoms with E-state index in [1.807, 2.05) is 44.2 Å². The maximum atomic E-state index is 11.9. The molecule has 3 nitrogen and oxygen atoms in total. The minimum Gasteiger partial charge on any atom is -0.267 e. The number of thiophene rings is 1. The van der Waals surface area contributed by atoms with E-state index in [0.29, 0.717) is 5.56 Å². The molecule has 0 fully saturated rings. The summed E-state index contributed by atoms with van der Waals surface area (Å²) >= 11 is 4.98. The highest BCUT2D eigenvalue weighted by Crippen LogP contribution is 2.22. The van der Waals surface area contributed by atoms with Crippen molar-refractivity contribution in [3.8, 4) is 0 Å². The van der Waals surface area contributed by atoms with E-state index in [1.54, 1.807) is 17.4 Å². The molecule has 0 unspecified atom stereocenters. The number of hydrogen-bond donors (Lipinski definition) is 1. The lowest BCUT2D eigenvalue weighted by Crippen LogP contribution is -2.19. The molecule has 1 N–H and O–H groups in total. The summed E-state index contributed by atoms with van der Waals surface area (Å²) in [6, 6.07) is 11.3. The van der Waals surface area contributed by atoms with Gasteiger partial charge in [0.05, 0.1) is 14.4 Å². The highest BCUT2D eigenvalue weighted by Gasteiger charge is 2.05. The highest BCUT2D eigenvalue weighted by molar-refractivity contribution is 9.11. The van der Waals surface area contributed by atoms with Crippen LogP contribution in [-0.4, -0.2) is 11.6 Å². The summed E-state index contributed by atoms with van der Waals surface area (Å²) in [7, 11) is 0. The first-order valence-electron chi connectivity index (χ1n) is 5.73. The SMILES string of the molecule is C/C(=N\NC(=O)c1cccc(C)c1)c1ccc(Br)s1. The largest absolute Gasteiger partial charge is 0.271 e. The zero-order chi connectivity index (χ0) is 13.8. The molecule has 1 aromatic heterocycles. The first-order chi connectivity index (χ1) is 9.06. The van der Waals surface area contributed by atoms with Gasteiger partial charge in [-0.25, -0.2) is 5.43 Å². The summed E-state index contributed by atoms with van der Waals surface area (Å²) in [5, 5.41) is 4.12. The standard InChI is InChI=1S/C14H13BrN2OS/c1-9-4-3-5-11(8-9)14(18)17-16-10(2)12-6-7-13(15)19-12/h3-8H,1-2H3,(H,17,18)/b16-10+. The lowest BCUT2D eigenvalue weighted by molar-refractivity contribution is 0.0955. The molecule has 5 heteroatoms. The Balaban J connectivity index is 2.07. The third-order valence-electron chi connectivity index (χ3n) is 2.54. The van der Waals surface area contributed by atoms with Crippen LogP contribution in [0.5, 0.6) is 0 Å². The number of benzene rings is 1. The Morgan fingerprint density at radius 1 is 1.32 bits per heavy atom. The molecule has 0 aliphatic carbocycles. The molecular weight excluding hydrogens is 324 g/mol. The Kier molecular flexibility index (Phi) is 4.50. The zero-order valence-corrected chi connectivity index (χ0v) is 13.0. The zero-order valence-electron chi connectivity index (χ0n) is 10.6. The Labute approximate surface area is 124 Å². The summed E-state index contributed by atoms with van der Waals surface area (Å²) in [6.45, 7) is 3.82. The third kappa shape index (κ3) is 3.75. The van der Waals surface area contributed by atoms with Crippen molar-refractivity contribution in [1.29, 1.82) is 0 Å². The minimum atomic E-state index is -0.196. The van der Waals surface area contributed by atoms with Crippen molar-refractivity contribution in [3.05, 3.63) is 56.2 Å². The molecule has 0 saturated heterocycles. The molecule has 0 aliphatic heterocycles. The minimum absolute atomic E-state index is 0.196. The van der Waals surface area contributed by atoms with Crippen LogP contribution >= 0.6 is 27.3 Å². The van der Waals surface area contributed by atoms with Crippen LogP contribution in [0.3, 0.4) is 0 Å². The van der Waals surface area contributed by atoms with Gasteiger partial charge in [-0.2, -0.15) is 5.10 Å². The maximum absolute atomic E-state index is 11.9. The number of aryl methyl sites for hydroxylation is 1. The molecule has 1 heterocycles. The first kappa shape index (κ1) is 14.0. The maximum Gasteiger partial charge on any atom is 0.271 e. The van der Waals surface area contributed by atoms with Gasteiger partial charge in [-0.05, 0) is 54.0 Å². The van der Waals surface area contributed by atoms with E-state index in [4.69, 9.17) is 0 Å². The fourth-order valence-electron chi connectivity index (χ4n) is 1.55. The topological polar surface area (TPSA) is 41.5 Å². The van der Waals surface area contributed by atoms with E-state index in [2.05, 4.69) is 26.5 Å². The second-order valence-electron chi connectivity index (χ2n) is 4.11. The van der Waals surface area contributed by atoms with Gasteiger partial charge < -0.3 is 0 Å². The molecular formula is C14H13BrN2OS. The van der Waals surface area contributed by atoms with Crippen LogP contribution in [0.15, 0.2) is 45.3 Å². The van der Waals surface area contributed by atoms with E-state index in [1.165, 1.54) is 0 Å². The van der Waals surface area contributed by atoms with E-state index in [-0.39, 0.29) is 5.91 Å². The van der Waals surface area contributed by atoms with Gasteiger partial charge >= 0.3 is 0 Å². The molecule has 2 aromatic rings. The van der Waals surface area contributed by atoms with Crippen LogP contribution in [-0.2, 0) is 0 Å². The van der Waals surface area contributed by atoms with Gasteiger partial charge in [-0.15, -0.1) is 11.3 Å². The van der Waals surface area contributed by atoms with Crippen molar-refractivity contribution in [2.75, 3.05) is 0 Å². The van der Waals surface area contributed by atoms with Gasteiger partial charge in [0.1, 0.15) is 0 Å². The van der Waals surface area contributed by atoms with Crippen LogP contribution < -0.4 is 5.43 Å². The van der Waals surface area contributed by atoms with Crippen LogP contribution in [0.2, 0.25) is 0 Å². The summed E-state index contributed by atoms with van der Waals surface area (Å²) in [5.41, 5.74) is 5.03. The molecule has 1 aromatic carbocycles. The van der Waals surface area contributed by atoms with Crippen molar-refractivity contribution < 1.29 is 4.79 Å². The third-order valence-corrected chi connectivity index (χ3v) is 4.27. The van der Waals surface area contributed by atoms with Crippen LogP contribution in [0.25, 0.3) is 0 Å². The van der Waals surface area contributed by atoms with Crippen molar-refractivity contribution in [3.63, 3.8) is 0 Å². The molecule has 0 spiro atoms. The monoisotopic (exact) mass is 336 g/mol. The number of hydrazone groups is 1. The van der Waals surface area contributed by atoms with Crippen molar-refractivity contribution in [2.24, 2.45) is 5.10 Å². The number of nitrogens with zero attached hydrogens (tertiary/aromatic N) is 1.